The second kappa shape index (κ2) is 4.99. The van der Waals surface area contributed by atoms with Crippen LogP contribution in [0.4, 0.5) is 6.01 Å². The molecule has 0 aliphatic rings. The average Bonchev–Trinajstić information content (AvgIpc) is 2.73. The number of para-hydroxylation sites is 2. The number of oxazole rings is 1. The summed E-state index contributed by atoms with van der Waals surface area (Å²) in [6, 6.07) is 8.49. The highest BCUT2D eigenvalue weighted by Gasteiger charge is 2.08. The zero-order valence-electron chi connectivity index (χ0n) is 9.73. The van der Waals surface area contributed by atoms with Crippen LogP contribution in [-0.2, 0) is 0 Å². The van der Waals surface area contributed by atoms with Crippen LogP contribution in [0.1, 0.15) is 6.92 Å². The molecule has 0 saturated heterocycles. The summed E-state index contributed by atoms with van der Waals surface area (Å²) in [6.07, 6.45) is 0. The molecule has 16 heavy (non-hydrogen) atoms. The molecule has 0 atom stereocenters. The van der Waals surface area contributed by atoms with Crippen molar-refractivity contribution < 1.29 is 4.42 Å². The first-order valence-corrected chi connectivity index (χ1v) is 5.58. The maximum absolute atomic E-state index is 5.65. The molecular weight excluding hydrogens is 202 g/mol. The Bertz CT molecular complexity index is 419. The van der Waals surface area contributed by atoms with Crippen LogP contribution in [0.3, 0.4) is 0 Å². The summed E-state index contributed by atoms with van der Waals surface area (Å²) < 4.78 is 5.65. The second-order valence-electron chi connectivity index (χ2n) is 3.74. The van der Waals surface area contributed by atoms with E-state index in [1.165, 1.54) is 0 Å². The molecule has 2 aromatic rings. The number of hydrogen-bond donors (Lipinski definition) is 1. The van der Waals surface area contributed by atoms with E-state index in [9.17, 15) is 0 Å². The van der Waals surface area contributed by atoms with Crippen LogP contribution in [0, 0.1) is 0 Å². The molecule has 0 aliphatic carbocycles. The lowest BCUT2D eigenvalue weighted by atomic mass is 10.3. The van der Waals surface area contributed by atoms with Gasteiger partial charge < -0.3 is 14.6 Å². The van der Waals surface area contributed by atoms with Crippen LogP contribution in [-0.4, -0.2) is 31.7 Å². The standard InChI is InChI=1S/C12H17N3O/c1-3-13-8-9-15(2)12-14-10-6-4-5-7-11(10)16-12/h4-7,13H,3,8-9H2,1-2H3. The maximum atomic E-state index is 5.65. The van der Waals surface area contributed by atoms with Gasteiger partial charge in [-0.05, 0) is 18.7 Å². The van der Waals surface area contributed by atoms with E-state index in [1.807, 2.05) is 36.2 Å². The number of benzene rings is 1. The number of fused-ring (bicyclic) bond motifs is 1. The van der Waals surface area contributed by atoms with Crippen molar-refractivity contribution in [3.05, 3.63) is 24.3 Å². The zero-order chi connectivity index (χ0) is 11.4. The number of rotatable bonds is 5. The molecule has 0 aliphatic heterocycles. The van der Waals surface area contributed by atoms with Gasteiger partial charge in [0.05, 0.1) is 0 Å². The Hall–Kier alpha value is -1.55. The topological polar surface area (TPSA) is 41.3 Å². The molecule has 1 heterocycles. The van der Waals surface area contributed by atoms with Crippen molar-refractivity contribution in [2.24, 2.45) is 0 Å². The molecule has 0 saturated carbocycles. The molecule has 0 bridgehead atoms. The minimum atomic E-state index is 0.680. The number of nitrogens with one attached hydrogen (secondary N) is 1. The highest BCUT2D eigenvalue weighted by atomic mass is 16.4. The van der Waals surface area contributed by atoms with E-state index in [-0.39, 0.29) is 0 Å². The third-order valence-electron chi connectivity index (χ3n) is 2.48. The Morgan fingerprint density at radius 2 is 2.19 bits per heavy atom. The molecule has 1 aromatic heterocycles. The molecule has 1 aromatic carbocycles. The summed E-state index contributed by atoms with van der Waals surface area (Å²) in [5.41, 5.74) is 1.75. The van der Waals surface area contributed by atoms with E-state index in [0.29, 0.717) is 6.01 Å². The minimum Gasteiger partial charge on any atom is -0.423 e. The molecule has 0 fully saturated rings. The predicted molar refractivity (Wildman–Crippen MR) is 65.8 cm³/mol. The zero-order valence-corrected chi connectivity index (χ0v) is 9.73. The molecule has 86 valence electrons. The van der Waals surface area contributed by atoms with Crippen LogP contribution in [0.5, 0.6) is 0 Å². The first-order chi connectivity index (χ1) is 7.81. The molecule has 0 amide bonds. The van der Waals surface area contributed by atoms with E-state index in [0.717, 1.165) is 30.7 Å². The number of nitrogens with zero attached hydrogens (tertiary/aromatic N) is 2. The summed E-state index contributed by atoms with van der Waals surface area (Å²) >= 11 is 0. The summed E-state index contributed by atoms with van der Waals surface area (Å²) in [5, 5.41) is 3.27. The highest BCUT2D eigenvalue weighted by Crippen LogP contribution is 2.20. The third kappa shape index (κ3) is 2.33. The number of aromatic nitrogens is 1. The molecule has 0 radical (unpaired) electrons. The van der Waals surface area contributed by atoms with Crippen LogP contribution in [0.25, 0.3) is 11.1 Å². The van der Waals surface area contributed by atoms with Crippen molar-refractivity contribution >= 4 is 17.1 Å². The normalized spacial score (nSPS) is 10.9. The van der Waals surface area contributed by atoms with Gasteiger partial charge in [0.2, 0.25) is 0 Å². The Balaban J connectivity index is 2.07. The van der Waals surface area contributed by atoms with Gasteiger partial charge in [-0.3, -0.25) is 0 Å². The minimum absolute atomic E-state index is 0.680. The van der Waals surface area contributed by atoms with Crippen molar-refractivity contribution in [3.63, 3.8) is 0 Å². The largest absolute Gasteiger partial charge is 0.423 e. The van der Waals surface area contributed by atoms with Gasteiger partial charge in [-0.25, -0.2) is 0 Å². The third-order valence-corrected chi connectivity index (χ3v) is 2.48. The van der Waals surface area contributed by atoms with E-state index in [1.54, 1.807) is 0 Å². The lowest BCUT2D eigenvalue weighted by Gasteiger charge is -2.13. The fourth-order valence-corrected chi connectivity index (χ4v) is 1.54. The summed E-state index contributed by atoms with van der Waals surface area (Å²) in [5.74, 6) is 0. The van der Waals surface area contributed by atoms with E-state index in [2.05, 4.69) is 17.2 Å². The Kier molecular flexibility index (Phi) is 3.41. The molecule has 1 N–H and O–H groups in total. The van der Waals surface area contributed by atoms with Gasteiger partial charge in [-0.1, -0.05) is 19.1 Å². The highest BCUT2D eigenvalue weighted by molar-refractivity contribution is 5.74. The van der Waals surface area contributed by atoms with Crippen molar-refractivity contribution in [3.8, 4) is 0 Å². The number of likely N-dealkylation sites (N-methyl/N-ethyl adjacent to an activating group) is 2. The van der Waals surface area contributed by atoms with Crippen molar-refractivity contribution in [1.29, 1.82) is 0 Å². The Morgan fingerprint density at radius 1 is 1.38 bits per heavy atom. The smallest absolute Gasteiger partial charge is 0.298 e. The van der Waals surface area contributed by atoms with Crippen LogP contribution < -0.4 is 10.2 Å². The monoisotopic (exact) mass is 219 g/mol. The van der Waals surface area contributed by atoms with Gasteiger partial charge in [0, 0.05) is 20.1 Å². The van der Waals surface area contributed by atoms with Gasteiger partial charge in [0.15, 0.2) is 5.58 Å². The van der Waals surface area contributed by atoms with E-state index in [4.69, 9.17) is 4.42 Å². The molecule has 4 nitrogen and oxygen atoms in total. The summed E-state index contributed by atoms with van der Waals surface area (Å²) in [7, 11) is 1.99. The lowest BCUT2D eigenvalue weighted by molar-refractivity contribution is 0.575. The SMILES string of the molecule is CCNCCN(C)c1nc2ccccc2o1. The Labute approximate surface area is 95.3 Å². The first-order valence-electron chi connectivity index (χ1n) is 5.58. The average molecular weight is 219 g/mol. The van der Waals surface area contributed by atoms with Gasteiger partial charge in [0.25, 0.3) is 6.01 Å². The van der Waals surface area contributed by atoms with Crippen molar-refractivity contribution in [1.82, 2.24) is 10.3 Å². The van der Waals surface area contributed by atoms with Gasteiger partial charge in [-0.2, -0.15) is 4.98 Å². The molecule has 0 unspecified atom stereocenters. The van der Waals surface area contributed by atoms with Crippen molar-refractivity contribution in [2.45, 2.75) is 6.92 Å². The summed E-state index contributed by atoms with van der Waals surface area (Å²) in [6.45, 7) is 4.91. The Morgan fingerprint density at radius 3 is 2.94 bits per heavy atom. The van der Waals surface area contributed by atoms with Crippen LogP contribution in [0.15, 0.2) is 28.7 Å². The van der Waals surface area contributed by atoms with Gasteiger partial charge >= 0.3 is 0 Å². The molecular formula is C12H17N3O. The molecule has 0 spiro atoms. The number of hydrogen-bond acceptors (Lipinski definition) is 4. The fourth-order valence-electron chi connectivity index (χ4n) is 1.54. The van der Waals surface area contributed by atoms with Gasteiger partial charge in [0.1, 0.15) is 5.52 Å². The molecule has 2 rings (SSSR count). The van der Waals surface area contributed by atoms with Gasteiger partial charge in [-0.15, -0.1) is 0 Å². The first kappa shape index (κ1) is 11.0. The van der Waals surface area contributed by atoms with E-state index < -0.39 is 0 Å². The lowest BCUT2D eigenvalue weighted by Crippen LogP contribution is -2.29. The number of anilines is 1. The van der Waals surface area contributed by atoms with Crippen LogP contribution in [0.2, 0.25) is 0 Å². The fraction of sp³-hybridized carbons (Fsp3) is 0.417. The summed E-state index contributed by atoms with van der Waals surface area (Å²) in [4.78, 5) is 6.44. The quantitative estimate of drug-likeness (QED) is 0.779. The predicted octanol–water partition coefficient (Wildman–Crippen LogP) is 1.87. The van der Waals surface area contributed by atoms with Crippen molar-refractivity contribution in [2.75, 3.05) is 31.6 Å². The van der Waals surface area contributed by atoms with Crippen LogP contribution >= 0.6 is 0 Å². The molecule has 4 heteroatoms. The van der Waals surface area contributed by atoms with E-state index >= 15 is 0 Å². The maximum Gasteiger partial charge on any atom is 0.298 e. The second-order valence-corrected chi connectivity index (χ2v) is 3.74.